The van der Waals surface area contributed by atoms with Crippen LogP contribution in [-0.4, -0.2) is 60.6 Å². The van der Waals surface area contributed by atoms with Gasteiger partial charge >= 0.3 is 0 Å². The van der Waals surface area contributed by atoms with Gasteiger partial charge in [-0.2, -0.15) is 0 Å². The normalized spacial score (nSPS) is 20.7. The zero-order chi connectivity index (χ0) is 17.4. The van der Waals surface area contributed by atoms with E-state index in [4.69, 9.17) is 10.5 Å². The molecule has 0 amide bonds. The molecule has 4 rings (SSSR count). The van der Waals surface area contributed by atoms with Gasteiger partial charge in [0.2, 0.25) is 0 Å². The van der Waals surface area contributed by atoms with Gasteiger partial charge in [-0.15, -0.1) is 0 Å². The maximum absolute atomic E-state index is 11.8. The first-order chi connectivity index (χ1) is 12.1. The van der Waals surface area contributed by atoms with Gasteiger partial charge in [-0.25, -0.2) is 4.98 Å². The Morgan fingerprint density at radius 2 is 2.12 bits per heavy atom. The Hall–Kier alpha value is -2.16. The first-order valence-corrected chi connectivity index (χ1v) is 8.75. The van der Waals surface area contributed by atoms with E-state index in [1.165, 1.54) is 0 Å². The Bertz CT molecular complexity index is 830. The molecule has 4 N–H and O–H groups in total. The van der Waals surface area contributed by atoms with E-state index in [0.717, 1.165) is 68.2 Å². The third kappa shape index (κ3) is 3.20. The van der Waals surface area contributed by atoms with Crippen molar-refractivity contribution in [3.8, 4) is 0 Å². The SMILES string of the molecule is Cc1nc2cc3c(cc2[nH]c1=O)NC(N)N3CCCN1CCOCC1. The molecule has 134 valence electrons. The molecule has 0 bridgehead atoms. The summed E-state index contributed by atoms with van der Waals surface area (Å²) >= 11 is 0. The van der Waals surface area contributed by atoms with E-state index < -0.39 is 0 Å². The highest BCUT2D eigenvalue weighted by molar-refractivity contribution is 5.90. The fourth-order valence-corrected chi connectivity index (χ4v) is 3.50. The van der Waals surface area contributed by atoms with E-state index in [1.54, 1.807) is 6.92 Å². The zero-order valence-electron chi connectivity index (χ0n) is 14.4. The largest absolute Gasteiger partial charge is 0.379 e. The van der Waals surface area contributed by atoms with Crippen LogP contribution in [0.25, 0.3) is 11.0 Å². The third-order valence-electron chi connectivity index (χ3n) is 4.90. The average Bonchev–Trinajstić information content (AvgIpc) is 2.90. The number of aromatic nitrogens is 2. The second-order valence-corrected chi connectivity index (χ2v) is 6.63. The number of ether oxygens (including phenoxy) is 1. The second-order valence-electron chi connectivity index (χ2n) is 6.63. The summed E-state index contributed by atoms with van der Waals surface area (Å²) in [5.74, 6) is 0. The van der Waals surface area contributed by atoms with Crippen LogP contribution in [0.15, 0.2) is 16.9 Å². The fraction of sp³-hybridized carbons (Fsp3) is 0.529. The second kappa shape index (κ2) is 6.62. The molecule has 1 saturated heterocycles. The quantitative estimate of drug-likeness (QED) is 0.739. The molecule has 8 heteroatoms. The van der Waals surface area contributed by atoms with E-state index in [9.17, 15) is 4.79 Å². The van der Waals surface area contributed by atoms with Gasteiger partial charge in [0.05, 0.1) is 35.6 Å². The number of nitrogens with two attached hydrogens (primary N) is 1. The molecule has 3 heterocycles. The number of H-pyrrole nitrogens is 1. The minimum atomic E-state index is -0.260. The Labute approximate surface area is 146 Å². The van der Waals surface area contributed by atoms with Crippen molar-refractivity contribution in [3.63, 3.8) is 0 Å². The molecular weight excluding hydrogens is 320 g/mol. The van der Waals surface area contributed by atoms with E-state index >= 15 is 0 Å². The number of nitrogens with one attached hydrogen (secondary N) is 2. The van der Waals surface area contributed by atoms with Gasteiger partial charge in [0.25, 0.3) is 5.56 Å². The minimum absolute atomic E-state index is 0.155. The lowest BCUT2D eigenvalue weighted by Gasteiger charge is -2.28. The van der Waals surface area contributed by atoms with Gasteiger partial charge in [0.1, 0.15) is 5.69 Å². The molecule has 8 nitrogen and oxygen atoms in total. The van der Waals surface area contributed by atoms with Crippen molar-refractivity contribution in [2.75, 3.05) is 49.6 Å². The Kier molecular flexibility index (Phi) is 4.32. The standard InChI is InChI=1S/C17H24N6O2/c1-11-16(24)20-12-9-14-15(10-13(12)19-11)23(17(18)21-14)4-2-3-22-5-7-25-8-6-22/h9-10,17,21H,2-8,18H2,1H3,(H,20,24). The van der Waals surface area contributed by atoms with Crippen molar-refractivity contribution in [2.45, 2.75) is 19.6 Å². The monoisotopic (exact) mass is 344 g/mol. The fourth-order valence-electron chi connectivity index (χ4n) is 3.50. The van der Waals surface area contributed by atoms with Gasteiger partial charge in [-0.3, -0.25) is 15.4 Å². The van der Waals surface area contributed by atoms with E-state index in [-0.39, 0.29) is 11.8 Å². The van der Waals surface area contributed by atoms with Crippen molar-refractivity contribution in [1.29, 1.82) is 0 Å². The molecule has 0 radical (unpaired) electrons. The first-order valence-electron chi connectivity index (χ1n) is 8.75. The molecule has 25 heavy (non-hydrogen) atoms. The highest BCUT2D eigenvalue weighted by Gasteiger charge is 2.26. The molecule has 1 fully saturated rings. The van der Waals surface area contributed by atoms with Crippen LogP contribution >= 0.6 is 0 Å². The number of hydrogen-bond acceptors (Lipinski definition) is 7. The van der Waals surface area contributed by atoms with Crippen LogP contribution < -0.4 is 21.5 Å². The summed E-state index contributed by atoms with van der Waals surface area (Å²) in [7, 11) is 0. The molecule has 0 aliphatic carbocycles. The van der Waals surface area contributed by atoms with Crippen molar-refractivity contribution in [1.82, 2.24) is 14.9 Å². The molecule has 2 aliphatic heterocycles. The van der Waals surface area contributed by atoms with Crippen LogP contribution in [0.4, 0.5) is 11.4 Å². The van der Waals surface area contributed by atoms with E-state index in [0.29, 0.717) is 5.69 Å². The number of aromatic amines is 1. The Balaban J connectivity index is 1.52. The Morgan fingerprint density at radius 3 is 2.92 bits per heavy atom. The molecular formula is C17H24N6O2. The van der Waals surface area contributed by atoms with Crippen LogP contribution in [0.3, 0.4) is 0 Å². The summed E-state index contributed by atoms with van der Waals surface area (Å²) in [6.07, 6.45) is 0.773. The van der Waals surface area contributed by atoms with Crippen LogP contribution in [-0.2, 0) is 4.74 Å². The molecule has 1 unspecified atom stereocenters. The number of benzene rings is 1. The lowest BCUT2D eigenvalue weighted by Crippen LogP contribution is -2.45. The number of nitrogens with zero attached hydrogens (tertiary/aromatic N) is 3. The molecule has 0 spiro atoms. The number of morpholine rings is 1. The minimum Gasteiger partial charge on any atom is -0.379 e. The summed E-state index contributed by atoms with van der Waals surface area (Å²) < 4.78 is 5.39. The van der Waals surface area contributed by atoms with Gasteiger partial charge in [0.15, 0.2) is 6.29 Å². The molecule has 1 aromatic carbocycles. The average molecular weight is 344 g/mol. The van der Waals surface area contributed by atoms with Crippen LogP contribution in [0.2, 0.25) is 0 Å². The number of hydrogen-bond donors (Lipinski definition) is 3. The van der Waals surface area contributed by atoms with E-state index in [1.807, 2.05) is 12.1 Å². The molecule has 2 aliphatic rings. The Morgan fingerprint density at radius 1 is 1.32 bits per heavy atom. The van der Waals surface area contributed by atoms with Crippen molar-refractivity contribution in [3.05, 3.63) is 28.2 Å². The zero-order valence-corrected chi connectivity index (χ0v) is 14.4. The smallest absolute Gasteiger partial charge is 0.269 e. The molecule has 1 atom stereocenters. The number of anilines is 2. The summed E-state index contributed by atoms with van der Waals surface area (Å²) in [5.41, 5.74) is 10.1. The topological polar surface area (TPSA) is 99.5 Å². The predicted octanol–water partition coefficient (Wildman–Crippen LogP) is 0.428. The van der Waals surface area contributed by atoms with Crippen LogP contribution in [0, 0.1) is 6.92 Å². The van der Waals surface area contributed by atoms with Gasteiger partial charge in [-0.05, 0) is 25.5 Å². The lowest BCUT2D eigenvalue weighted by atomic mass is 10.2. The predicted molar refractivity (Wildman–Crippen MR) is 97.9 cm³/mol. The molecule has 0 saturated carbocycles. The van der Waals surface area contributed by atoms with Gasteiger partial charge in [-0.1, -0.05) is 0 Å². The number of aryl methyl sites for hydroxylation is 1. The van der Waals surface area contributed by atoms with Crippen LogP contribution in [0.1, 0.15) is 12.1 Å². The number of fused-ring (bicyclic) bond motifs is 2. The van der Waals surface area contributed by atoms with Gasteiger partial charge < -0.3 is 19.9 Å². The van der Waals surface area contributed by atoms with Gasteiger partial charge in [0, 0.05) is 26.2 Å². The lowest BCUT2D eigenvalue weighted by molar-refractivity contribution is 0.0376. The maximum atomic E-state index is 11.8. The summed E-state index contributed by atoms with van der Waals surface area (Å²) in [6.45, 7) is 7.28. The van der Waals surface area contributed by atoms with Crippen LogP contribution in [0.5, 0.6) is 0 Å². The number of rotatable bonds is 4. The summed E-state index contributed by atoms with van der Waals surface area (Å²) in [4.78, 5) is 23.6. The molecule has 2 aromatic rings. The third-order valence-corrected chi connectivity index (χ3v) is 4.90. The van der Waals surface area contributed by atoms with Crippen molar-refractivity contribution < 1.29 is 4.74 Å². The highest BCUT2D eigenvalue weighted by atomic mass is 16.5. The first kappa shape index (κ1) is 16.3. The highest BCUT2D eigenvalue weighted by Crippen LogP contribution is 2.35. The maximum Gasteiger partial charge on any atom is 0.269 e. The van der Waals surface area contributed by atoms with Crippen molar-refractivity contribution >= 4 is 22.4 Å². The molecule has 1 aromatic heterocycles. The summed E-state index contributed by atoms with van der Waals surface area (Å²) in [6, 6.07) is 3.92. The summed E-state index contributed by atoms with van der Waals surface area (Å²) in [5, 5.41) is 3.28. The van der Waals surface area contributed by atoms with Crippen molar-refractivity contribution in [2.24, 2.45) is 5.73 Å². The van der Waals surface area contributed by atoms with E-state index in [2.05, 4.69) is 25.1 Å².